The highest BCUT2D eigenvalue weighted by Gasteiger charge is 2.27. The second-order valence-electron chi connectivity index (χ2n) is 21.7. The number of aromatic nitrogens is 2. The summed E-state index contributed by atoms with van der Waals surface area (Å²) in [4.78, 5) is 76.5. The van der Waals surface area contributed by atoms with Gasteiger partial charge in [0.1, 0.15) is 34.5 Å². The summed E-state index contributed by atoms with van der Waals surface area (Å²) in [5.74, 6) is -1.20. The summed E-state index contributed by atoms with van der Waals surface area (Å²) in [5.41, 5.74) is 2.12. The quantitative estimate of drug-likeness (QED) is 0.00475. The maximum absolute atomic E-state index is 13.8. The molecular formula is C63H77N17O12S4. The Kier molecular flexibility index (Phi) is 24.7. The van der Waals surface area contributed by atoms with Crippen LogP contribution in [-0.4, -0.2) is 145 Å². The highest BCUT2D eigenvalue weighted by Crippen LogP contribution is 2.44. The summed E-state index contributed by atoms with van der Waals surface area (Å²) in [6, 6.07) is 17.0. The summed E-state index contributed by atoms with van der Waals surface area (Å²) in [5, 5.41) is 42.9. The number of Topliss-reactive ketones (excluding diaryl/α,β-unsaturated/α-hetero) is 2. The summed E-state index contributed by atoms with van der Waals surface area (Å²) in [6.45, 7) is 15.5. The zero-order valence-corrected chi connectivity index (χ0v) is 57.8. The van der Waals surface area contributed by atoms with E-state index in [0.717, 1.165) is 79.4 Å². The van der Waals surface area contributed by atoms with Gasteiger partial charge in [0.25, 0.3) is 32.1 Å². The molecule has 0 spiro atoms. The molecule has 6 aromatic rings. The van der Waals surface area contributed by atoms with Gasteiger partial charge in [-0.25, -0.2) is 0 Å². The number of azo groups is 2. The van der Waals surface area contributed by atoms with Crippen LogP contribution in [0, 0.1) is 5.41 Å². The molecule has 4 heterocycles. The topological polar surface area (TPSA) is 380 Å². The van der Waals surface area contributed by atoms with Gasteiger partial charge in [-0.2, -0.15) is 31.8 Å². The fourth-order valence-electron chi connectivity index (χ4n) is 10.5. The van der Waals surface area contributed by atoms with Crippen LogP contribution in [0.4, 0.5) is 67.4 Å². The zero-order valence-electron chi connectivity index (χ0n) is 54.5. The Hall–Kier alpha value is -9.54. The van der Waals surface area contributed by atoms with Crippen molar-refractivity contribution in [2.75, 3.05) is 114 Å². The van der Waals surface area contributed by atoms with Crippen molar-refractivity contribution in [1.29, 1.82) is 5.41 Å². The molecule has 0 unspecified atom stereocenters. The molecule has 2 amide bonds. The third-order valence-electron chi connectivity index (χ3n) is 15.4. The minimum atomic E-state index is -4.59. The molecule has 2 saturated heterocycles. The molecule has 33 heteroatoms. The highest BCUT2D eigenvalue weighted by molar-refractivity contribution is 7.86. The van der Waals surface area contributed by atoms with Crippen molar-refractivity contribution < 1.29 is 54.6 Å². The van der Waals surface area contributed by atoms with Gasteiger partial charge in [0.2, 0.25) is 22.2 Å². The van der Waals surface area contributed by atoms with Crippen molar-refractivity contribution in [3.63, 3.8) is 0 Å². The summed E-state index contributed by atoms with van der Waals surface area (Å²) < 4.78 is 78.6. The number of carbonyl (C=O) groups is 4. The van der Waals surface area contributed by atoms with E-state index >= 15 is 0 Å². The van der Waals surface area contributed by atoms with Crippen molar-refractivity contribution in [3.8, 4) is 11.5 Å². The number of nitrogens with one attached hydrogen (secondary N) is 6. The van der Waals surface area contributed by atoms with Crippen molar-refractivity contribution >= 4 is 158 Å². The van der Waals surface area contributed by atoms with E-state index in [1.807, 2.05) is 38.7 Å². The highest BCUT2D eigenvalue weighted by atomic mass is 32.2. The third-order valence-corrected chi connectivity index (χ3v) is 18.8. The van der Waals surface area contributed by atoms with Gasteiger partial charge in [0.05, 0.1) is 67.7 Å². The SMILES string of the molecule is CCN(CC)c1cc(NC(=N)/N=C(\NC)Nc2cc(N(CC)CC)c(OC)cc2/N=N/c2nc(N3CCCCC3)c(/C=C(/C(C)=O)C(=O)Nc3cccc(S(=O)(=O)O)c3)s2)c(/N=N/c2nc(N3CCCCC3)c(/C=C(\C(C)=O)C(=O)Nc3cccc(S(=O)(=O)O)c3)s2)cc1OC. The van der Waals surface area contributed by atoms with Crippen molar-refractivity contribution in [1.82, 2.24) is 15.3 Å². The molecule has 8 rings (SSSR count). The first-order valence-electron chi connectivity index (χ1n) is 30.8. The smallest absolute Gasteiger partial charge is 0.294 e. The predicted octanol–water partition coefficient (Wildman–Crippen LogP) is 11.9. The average Bonchev–Trinajstić information content (AvgIpc) is 1.81. The van der Waals surface area contributed by atoms with Crippen LogP contribution in [0.5, 0.6) is 11.5 Å². The van der Waals surface area contributed by atoms with Gasteiger partial charge in [-0.05, 0) is 141 Å². The molecule has 0 saturated carbocycles. The number of ketones is 2. The molecule has 8 N–H and O–H groups in total. The van der Waals surface area contributed by atoms with Crippen LogP contribution in [0.2, 0.25) is 0 Å². The van der Waals surface area contributed by atoms with Crippen LogP contribution >= 0.6 is 22.7 Å². The Bertz CT molecular complexity index is 4280. The number of hydrogen-bond donors (Lipinski definition) is 8. The number of nitrogens with zero attached hydrogens (tertiary/aromatic N) is 11. The van der Waals surface area contributed by atoms with Crippen molar-refractivity contribution in [2.45, 2.75) is 89.9 Å². The molecule has 4 aromatic carbocycles. The van der Waals surface area contributed by atoms with E-state index < -0.39 is 53.4 Å². The number of methoxy groups -OCH3 is 2. The fraction of sp³-hybridized carbons (Fsp3) is 0.365. The van der Waals surface area contributed by atoms with Crippen LogP contribution in [0.3, 0.4) is 0 Å². The first kappa shape index (κ1) is 72.3. The van der Waals surface area contributed by atoms with Gasteiger partial charge in [-0.1, -0.05) is 34.8 Å². The molecule has 2 aliphatic rings. The standard InChI is InChI=1S/C63H77N17O12S4/c1-10-77(11-2)50-34-46(48(36-52(50)91-8)73-75-62-70-56(79-26-16-14-17-27-79)54(93-62)32-44(38(5)81)58(83)66-40-22-20-24-42(30-40)95(85,86)87)68-60(64)72-61(65-7)69-47-35-51(78(12-3)13-4)53(92-9)37-49(47)74-76-63-71-57(80-28-18-15-19-29-80)55(94-63)33-45(39(6)82)59(84)67-41-23-21-25-43(31-41)96(88,89)90/h20-25,30-37H,10-19,26-29H2,1-9H3,(H,66,83)(H,67,84)(H,85,86,87)(H,88,89,90)(H4,64,65,68,69,72)/b44-32+,45-33-,75-73+,76-74+. The van der Waals surface area contributed by atoms with Gasteiger partial charge in [0, 0.05) is 82.9 Å². The van der Waals surface area contributed by atoms with E-state index in [1.54, 1.807) is 25.2 Å². The molecule has 0 atom stereocenters. The second kappa shape index (κ2) is 32.7. The van der Waals surface area contributed by atoms with E-state index in [2.05, 4.69) is 61.6 Å². The Labute approximate surface area is 564 Å². The van der Waals surface area contributed by atoms with E-state index in [1.165, 1.54) is 70.6 Å². The normalized spacial score (nSPS) is 14.2. The molecule has 0 bridgehead atoms. The summed E-state index contributed by atoms with van der Waals surface area (Å²) in [6.07, 6.45) is 8.33. The Morgan fingerprint density at radius 2 is 0.990 bits per heavy atom. The molecule has 510 valence electrons. The zero-order chi connectivity index (χ0) is 69.4. The van der Waals surface area contributed by atoms with E-state index in [9.17, 15) is 50.5 Å². The maximum atomic E-state index is 13.8. The number of anilines is 8. The molecule has 2 aliphatic heterocycles. The van der Waals surface area contributed by atoms with E-state index in [-0.39, 0.29) is 56.1 Å². The van der Waals surface area contributed by atoms with E-state index in [0.29, 0.717) is 108 Å². The monoisotopic (exact) mass is 1390 g/mol. The molecule has 2 fully saturated rings. The van der Waals surface area contributed by atoms with Crippen LogP contribution < -0.4 is 55.7 Å². The van der Waals surface area contributed by atoms with Gasteiger partial charge >= 0.3 is 0 Å². The number of ether oxygens (including phenoxy) is 2. The van der Waals surface area contributed by atoms with Crippen LogP contribution in [0.1, 0.15) is 89.8 Å². The lowest BCUT2D eigenvalue weighted by Gasteiger charge is -2.27. The third kappa shape index (κ3) is 18.5. The number of thiazole rings is 2. The number of amides is 2. The van der Waals surface area contributed by atoms with Gasteiger partial charge < -0.3 is 55.7 Å². The first-order chi connectivity index (χ1) is 45.9. The molecule has 29 nitrogen and oxygen atoms in total. The van der Waals surface area contributed by atoms with Gasteiger partial charge in [0.15, 0.2) is 11.6 Å². The van der Waals surface area contributed by atoms with Gasteiger partial charge in [-0.3, -0.25) is 33.7 Å². The Morgan fingerprint density at radius 3 is 1.34 bits per heavy atom. The summed E-state index contributed by atoms with van der Waals surface area (Å²) in [7, 11) is -4.50. The average molecular weight is 1390 g/mol. The minimum Gasteiger partial charge on any atom is -0.494 e. The molecule has 2 aromatic heterocycles. The first-order valence-corrected chi connectivity index (χ1v) is 35.3. The number of aliphatic imine (C=N–C) groups is 1. The van der Waals surface area contributed by atoms with Crippen LogP contribution in [-0.2, 0) is 39.4 Å². The number of hydrogen-bond acceptors (Lipinski definition) is 23. The lowest BCUT2D eigenvalue weighted by Crippen LogP contribution is -2.30. The number of rotatable bonds is 26. The van der Waals surface area contributed by atoms with Crippen molar-refractivity contribution in [2.24, 2.45) is 25.4 Å². The second-order valence-corrected chi connectivity index (χ2v) is 26.6. The minimum absolute atomic E-state index is 0.0300. The molecule has 0 aliphatic carbocycles. The number of guanidine groups is 2. The van der Waals surface area contributed by atoms with Crippen LogP contribution in [0.25, 0.3) is 12.2 Å². The van der Waals surface area contributed by atoms with Crippen molar-refractivity contribution in [3.05, 3.63) is 93.7 Å². The van der Waals surface area contributed by atoms with Gasteiger partial charge in [-0.15, -0.1) is 20.5 Å². The predicted molar refractivity (Wildman–Crippen MR) is 376 cm³/mol. The largest absolute Gasteiger partial charge is 0.494 e. The lowest BCUT2D eigenvalue weighted by atomic mass is 10.1. The van der Waals surface area contributed by atoms with Crippen LogP contribution in [0.15, 0.2) is 119 Å². The maximum Gasteiger partial charge on any atom is 0.294 e. The Balaban J connectivity index is 1.14. The number of piperidine rings is 2. The van der Waals surface area contributed by atoms with E-state index in [4.69, 9.17) is 24.6 Å². The molecule has 0 radical (unpaired) electrons. The number of benzene rings is 4. The lowest BCUT2D eigenvalue weighted by molar-refractivity contribution is -0.120. The molecular weight excluding hydrogens is 1320 g/mol. The molecule has 96 heavy (non-hydrogen) atoms. The summed E-state index contributed by atoms with van der Waals surface area (Å²) >= 11 is 2.16. The number of carbonyl (C=O) groups excluding carboxylic acids is 4. The fourth-order valence-corrected chi connectivity index (χ4v) is 13.3. The Morgan fingerprint density at radius 1 is 0.594 bits per heavy atom.